The molecule has 0 saturated carbocycles. The fourth-order valence-electron chi connectivity index (χ4n) is 3.31. The first-order valence-electron chi connectivity index (χ1n) is 8.01. The summed E-state index contributed by atoms with van der Waals surface area (Å²) in [7, 11) is 0. The van der Waals surface area contributed by atoms with Crippen LogP contribution in [0.3, 0.4) is 0 Å². The van der Waals surface area contributed by atoms with Gasteiger partial charge in [0.2, 0.25) is 0 Å². The Bertz CT molecular complexity index is 817. The molecule has 0 N–H and O–H groups in total. The molecule has 0 aromatic heterocycles. The van der Waals surface area contributed by atoms with E-state index in [1.165, 1.54) is 12.5 Å². The summed E-state index contributed by atoms with van der Waals surface area (Å²) in [6.45, 7) is 1.39. The van der Waals surface area contributed by atoms with Gasteiger partial charge < -0.3 is 14.2 Å². The average Bonchev–Trinajstić information content (AvgIpc) is 2.54. The molecule has 0 aliphatic carbocycles. The number of ether oxygens (including phenoxy) is 3. The maximum Gasteiger partial charge on any atom is 0.308 e. The molecule has 124 valence electrons. The first-order chi connectivity index (χ1) is 11.5. The molecule has 2 aliphatic rings. The molecular formula is C19H17BrO4. The molecule has 1 spiro atoms. The minimum atomic E-state index is -0.636. The molecule has 24 heavy (non-hydrogen) atoms. The number of aryl methyl sites for hydroxylation is 2. The molecule has 4 rings (SSSR count). The van der Waals surface area contributed by atoms with Gasteiger partial charge in [-0.1, -0.05) is 22.0 Å². The van der Waals surface area contributed by atoms with Crippen LogP contribution in [0.15, 0.2) is 40.9 Å². The Morgan fingerprint density at radius 3 is 2.58 bits per heavy atom. The first-order valence-corrected chi connectivity index (χ1v) is 8.80. The second kappa shape index (κ2) is 5.81. The second-order valence-corrected chi connectivity index (χ2v) is 7.15. The van der Waals surface area contributed by atoms with Crippen molar-refractivity contribution in [3.05, 3.63) is 52.0 Å². The van der Waals surface area contributed by atoms with Crippen LogP contribution in [0.2, 0.25) is 0 Å². The number of fused-ring (bicyclic) bond motifs is 2. The summed E-state index contributed by atoms with van der Waals surface area (Å²) < 4.78 is 18.7. The highest BCUT2D eigenvalue weighted by Crippen LogP contribution is 2.43. The molecule has 2 heterocycles. The molecule has 2 aromatic rings. The molecular weight excluding hydrogens is 372 g/mol. The maximum absolute atomic E-state index is 11.1. The van der Waals surface area contributed by atoms with Gasteiger partial charge in [-0.3, -0.25) is 4.79 Å². The van der Waals surface area contributed by atoms with Gasteiger partial charge >= 0.3 is 5.97 Å². The molecule has 1 unspecified atom stereocenters. The number of esters is 1. The lowest BCUT2D eigenvalue weighted by atomic mass is 9.92. The molecule has 4 nitrogen and oxygen atoms in total. The largest absolute Gasteiger partial charge is 0.452 e. The smallest absolute Gasteiger partial charge is 0.308 e. The Morgan fingerprint density at radius 2 is 1.79 bits per heavy atom. The summed E-state index contributed by atoms with van der Waals surface area (Å²) >= 11 is 3.50. The van der Waals surface area contributed by atoms with Gasteiger partial charge in [-0.05, 0) is 48.2 Å². The topological polar surface area (TPSA) is 44.8 Å². The van der Waals surface area contributed by atoms with E-state index in [1.54, 1.807) is 12.1 Å². The van der Waals surface area contributed by atoms with E-state index in [1.807, 2.05) is 18.2 Å². The quantitative estimate of drug-likeness (QED) is 0.535. The van der Waals surface area contributed by atoms with E-state index in [9.17, 15) is 4.79 Å². The molecule has 1 atom stereocenters. The summed E-state index contributed by atoms with van der Waals surface area (Å²) in [4.78, 5) is 11.1. The van der Waals surface area contributed by atoms with Crippen molar-refractivity contribution in [1.82, 2.24) is 0 Å². The van der Waals surface area contributed by atoms with Crippen molar-refractivity contribution >= 4 is 21.9 Å². The Kier molecular flexibility index (Phi) is 3.76. The van der Waals surface area contributed by atoms with Crippen molar-refractivity contribution in [1.29, 1.82) is 0 Å². The molecule has 0 radical (unpaired) electrons. The molecule has 2 aromatic carbocycles. The van der Waals surface area contributed by atoms with Crippen molar-refractivity contribution in [2.45, 2.75) is 38.4 Å². The predicted octanol–water partition coefficient (Wildman–Crippen LogP) is 4.42. The summed E-state index contributed by atoms with van der Waals surface area (Å²) in [6, 6.07) is 11.6. The van der Waals surface area contributed by atoms with E-state index in [4.69, 9.17) is 14.2 Å². The minimum absolute atomic E-state index is 0.339. The van der Waals surface area contributed by atoms with Gasteiger partial charge in [-0.2, -0.15) is 0 Å². The monoisotopic (exact) mass is 388 g/mol. The number of benzene rings is 2. The lowest BCUT2D eigenvalue weighted by molar-refractivity contribution is -0.139. The molecule has 0 saturated heterocycles. The molecule has 2 aliphatic heterocycles. The highest BCUT2D eigenvalue weighted by Gasteiger charge is 2.41. The third-order valence-corrected chi connectivity index (χ3v) is 4.96. The van der Waals surface area contributed by atoms with Crippen LogP contribution < -0.4 is 14.2 Å². The lowest BCUT2D eigenvalue weighted by Gasteiger charge is -2.41. The molecule has 0 amide bonds. The van der Waals surface area contributed by atoms with E-state index in [0.29, 0.717) is 5.75 Å². The van der Waals surface area contributed by atoms with Crippen LogP contribution in [-0.2, 0) is 17.6 Å². The van der Waals surface area contributed by atoms with Crippen molar-refractivity contribution in [2.24, 2.45) is 0 Å². The Labute approximate surface area is 148 Å². The van der Waals surface area contributed by atoms with Gasteiger partial charge in [-0.15, -0.1) is 0 Å². The summed E-state index contributed by atoms with van der Waals surface area (Å²) in [5.74, 6) is 1.14. The molecule has 5 heteroatoms. The normalized spacial score (nSPS) is 21.2. The van der Waals surface area contributed by atoms with Gasteiger partial charge in [-0.25, -0.2) is 0 Å². The SMILES string of the molecule is CC(=O)Oc1ccc2c(c1)OC1(CCc3cc(Br)ccc3O1)CC2. The van der Waals surface area contributed by atoms with E-state index < -0.39 is 5.79 Å². The Morgan fingerprint density at radius 1 is 1.04 bits per heavy atom. The van der Waals surface area contributed by atoms with Crippen molar-refractivity contribution in [3.63, 3.8) is 0 Å². The predicted molar refractivity (Wildman–Crippen MR) is 92.5 cm³/mol. The highest BCUT2D eigenvalue weighted by atomic mass is 79.9. The highest BCUT2D eigenvalue weighted by molar-refractivity contribution is 9.10. The van der Waals surface area contributed by atoms with E-state index in [2.05, 4.69) is 22.0 Å². The van der Waals surface area contributed by atoms with Gasteiger partial charge in [0, 0.05) is 30.3 Å². The van der Waals surface area contributed by atoms with Crippen LogP contribution in [0.1, 0.15) is 30.9 Å². The minimum Gasteiger partial charge on any atom is -0.452 e. The Hall–Kier alpha value is -2.01. The van der Waals surface area contributed by atoms with Crippen LogP contribution in [0.5, 0.6) is 17.2 Å². The van der Waals surface area contributed by atoms with E-state index in [-0.39, 0.29) is 5.97 Å². The van der Waals surface area contributed by atoms with Gasteiger partial charge in [0.1, 0.15) is 17.2 Å². The van der Waals surface area contributed by atoms with Crippen molar-refractivity contribution in [2.75, 3.05) is 0 Å². The average molecular weight is 389 g/mol. The third kappa shape index (κ3) is 2.88. The standard InChI is InChI=1S/C19H17BrO4/c1-12(21)22-16-4-2-13-6-8-19(24-18(13)11-16)9-7-14-10-15(20)3-5-17(14)23-19/h2-5,10-11H,6-9H2,1H3. The number of hydrogen-bond acceptors (Lipinski definition) is 4. The lowest BCUT2D eigenvalue weighted by Crippen LogP contribution is -2.47. The van der Waals surface area contributed by atoms with Crippen LogP contribution in [-0.4, -0.2) is 11.8 Å². The number of carbonyl (C=O) groups is 1. The third-order valence-electron chi connectivity index (χ3n) is 4.47. The van der Waals surface area contributed by atoms with Gasteiger partial charge in [0.15, 0.2) is 0 Å². The van der Waals surface area contributed by atoms with Crippen LogP contribution in [0.25, 0.3) is 0 Å². The Balaban J connectivity index is 1.61. The van der Waals surface area contributed by atoms with Gasteiger partial charge in [0.25, 0.3) is 5.79 Å². The second-order valence-electron chi connectivity index (χ2n) is 6.23. The van der Waals surface area contributed by atoms with E-state index >= 15 is 0 Å². The fraction of sp³-hybridized carbons (Fsp3) is 0.316. The van der Waals surface area contributed by atoms with Crippen molar-refractivity contribution in [3.8, 4) is 17.2 Å². The summed E-state index contributed by atoms with van der Waals surface area (Å²) in [6.07, 6.45) is 3.39. The molecule has 0 fully saturated rings. The number of hydrogen-bond donors (Lipinski definition) is 0. The van der Waals surface area contributed by atoms with Crippen LogP contribution in [0, 0.1) is 0 Å². The van der Waals surface area contributed by atoms with E-state index in [0.717, 1.165) is 47.2 Å². The summed E-state index contributed by atoms with van der Waals surface area (Å²) in [5.41, 5.74) is 2.31. The van der Waals surface area contributed by atoms with Crippen molar-refractivity contribution < 1.29 is 19.0 Å². The molecule has 0 bridgehead atoms. The zero-order chi connectivity index (χ0) is 16.7. The number of rotatable bonds is 1. The maximum atomic E-state index is 11.1. The van der Waals surface area contributed by atoms with Crippen LogP contribution >= 0.6 is 15.9 Å². The number of halogens is 1. The van der Waals surface area contributed by atoms with Gasteiger partial charge in [0.05, 0.1) is 0 Å². The zero-order valence-electron chi connectivity index (χ0n) is 13.3. The fourth-order valence-corrected chi connectivity index (χ4v) is 3.72. The first kappa shape index (κ1) is 15.5. The zero-order valence-corrected chi connectivity index (χ0v) is 14.9. The van der Waals surface area contributed by atoms with Crippen LogP contribution in [0.4, 0.5) is 0 Å². The summed E-state index contributed by atoms with van der Waals surface area (Å²) in [5, 5.41) is 0. The number of carbonyl (C=O) groups excluding carboxylic acids is 1.